The Morgan fingerprint density at radius 3 is 2.92 bits per heavy atom. The van der Waals surface area contributed by atoms with Crippen molar-refractivity contribution in [3.63, 3.8) is 0 Å². The number of nitrogens with zero attached hydrogens (tertiary/aromatic N) is 2. The molecule has 0 radical (unpaired) electrons. The summed E-state index contributed by atoms with van der Waals surface area (Å²) >= 11 is 0. The normalized spacial score (nSPS) is 14.8. The van der Waals surface area contributed by atoms with E-state index in [1.165, 1.54) is 0 Å². The molecule has 2 aromatic rings. The molecule has 0 amide bonds. The molecule has 26 heavy (non-hydrogen) atoms. The highest BCUT2D eigenvalue weighted by Crippen LogP contribution is 2.23. The van der Waals surface area contributed by atoms with E-state index in [-0.39, 0.29) is 5.56 Å². The van der Waals surface area contributed by atoms with Gasteiger partial charge in [0.25, 0.3) is 0 Å². The van der Waals surface area contributed by atoms with Gasteiger partial charge in [0.05, 0.1) is 13.2 Å². The van der Waals surface area contributed by atoms with Gasteiger partial charge < -0.3 is 19.9 Å². The van der Waals surface area contributed by atoms with Gasteiger partial charge in [-0.15, -0.1) is 0 Å². The fourth-order valence-corrected chi connectivity index (χ4v) is 2.75. The molecule has 3 rings (SSSR count). The van der Waals surface area contributed by atoms with Crippen molar-refractivity contribution in [3.8, 4) is 5.75 Å². The summed E-state index contributed by atoms with van der Waals surface area (Å²) < 4.78 is 11.2. The molecule has 0 spiro atoms. The number of benzene rings is 1. The lowest BCUT2D eigenvalue weighted by atomic mass is 10.2. The lowest BCUT2D eigenvalue weighted by Crippen LogP contribution is -2.38. The van der Waals surface area contributed by atoms with Crippen molar-refractivity contribution in [1.29, 1.82) is 0 Å². The van der Waals surface area contributed by atoms with Crippen LogP contribution in [0.2, 0.25) is 0 Å². The number of anilines is 2. The maximum Gasteiger partial charge on any atom is 0.339 e. The lowest BCUT2D eigenvalue weighted by Gasteiger charge is -2.26. The molecule has 0 bridgehead atoms. The molecule has 7 nitrogen and oxygen atoms in total. The highest BCUT2D eigenvalue weighted by Gasteiger charge is 2.13. The van der Waals surface area contributed by atoms with Gasteiger partial charge in [0, 0.05) is 37.6 Å². The average Bonchev–Trinajstić information content (AvgIpc) is 2.64. The Labute approximate surface area is 152 Å². The smallest absolute Gasteiger partial charge is 0.339 e. The number of carbonyl (C=O) groups is 1. The molecule has 1 aromatic heterocycles. The number of carboxylic acid groups (broad SMARTS) is 1. The molecule has 2 N–H and O–H groups in total. The van der Waals surface area contributed by atoms with Crippen LogP contribution in [-0.4, -0.2) is 60.4 Å². The van der Waals surface area contributed by atoms with Crippen molar-refractivity contribution in [2.24, 2.45) is 0 Å². The van der Waals surface area contributed by atoms with Gasteiger partial charge in [-0.05, 0) is 30.7 Å². The number of carboxylic acids is 1. The summed E-state index contributed by atoms with van der Waals surface area (Å²) in [5, 5.41) is 12.4. The van der Waals surface area contributed by atoms with Crippen LogP contribution in [0.5, 0.6) is 5.75 Å². The maximum absolute atomic E-state index is 11.4. The fourth-order valence-electron chi connectivity index (χ4n) is 2.75. The number of rotatable bonds is 7. The molecule has 1 aliphatic heterocycles. The summed E-state index contributed by atoms with van der Waals surface area (Å²) in [6.07, 6.45) is 1.64. The van der Waals surface area contributed by atoms with Crippen LogP contribution in [0.4, 0.5) is 11.5 Å². The number of nitrogens with one attached hydrogen (secondary N) is 1. The minimum Gasteiger partial charge on any atom is -0.492 e. The van der Waals surface area contributed by atoms with E-state index in [0.717, 1.165) is 49.8 Å². The zero-order valence-electron chi connectivity index (χ0n) is 14.8. The Morgan fingerprint density at radius 1 is 1.35 bits per heavy atom. The number of pyridine rings is 1. The van der Waals surface area contributed by atoms with Crippen LogP contribution in [0.3, 0.4) is 0 Å². The first-order chi connectivity index (χ1) is 12.6. The number of morpholine rings is 1. The topological polar surface area (TPSA) is 83.9 Å². The SMILES string of the molecule is Cc1cnc(Nc2cccc(OCCN3CCOCC3)c2)c(C(=O)O)c1. The Morgan fingerprint density at radius 2 is 2.15 bits per heavy atom. The van der Waals surface area contributed by atoms with Crippen LogP contribution < -0.4 is 10.1 Å². The molecule has 2 heterocycles. The van der Waals surface area contributed by atoms with Crippen LogP contribution in [0, 0.1) is 6.92 Å². The Balaban J connectivity index is 1.61. The largest absolute Gasteiger partial charge is 0.492 e. The molecule has 7 heteroatoms. The molecule has 138 valence electrons. The molecule has 0 saturated carbocycles. The van der Waals surface area contributed by atoms with Gasteiger partial charge in [-0.1, -0.05) is 6.07 Å². The van der Waals surface area contributed by atoms with E-state index < -0.39 is 5.97 Å². The Hall–Kier alpha value is -2.64. The zero-order valence-corrected chi connectivity index (χ0v) is 14.8. The van der Waals surface area contributed by atoms with E-state index in [4.69, 9.17) is 9.47 Å². The summed E-state index contributed by atoms with van der Waals surface area (Å²) in [7, 11) is 0. The summed E-state index contributed by atoms with van der Waals surface area (Å²) in [6.45, 7) is 6.66. The summed E-state index contributed by atoms with van der Waals surface area (Å²) in [5.41, 5.74) is 1.67. The van der Waals surface area contributed by atoms with Crippen LogP contribution in [0.1, 0.15) is 15.9 Å². The molecule has 1 saturated heterocycles. The maximum atomic E-state index is 11.4. The van der Waals surface area contributed by atoms with Crippen LogP contribution in [-0.2, 0) is 4.74 Å². The minimum absolute atomic E-state index is 0.142. The quantitative estimate of drug-likeness (QED) is 0.788. The molecule has 0 aliphatic carbocycles. The highest BCUT2D eigenvalue weighted by atomic mass is 16.5. The molecular weight excluding hydrogens is 334 g/mol. The first-order valence-electron chi connectivity index (χ1n) is 8.62. The second-order valence-corrected chi connectivity index (χ2v) is 6.17. The third-order valence-electron chi connectivity index (χ3n) is 4.13. The molecule has 1 fully saturated rings. The third-order valence-corrected chi connectivity index (χ3v) is 4.13. The van der Waals surface area contributed by atoms with Gasteiger partial charge >= 0.3 is 5.97 Å². The Bertz CT molecular complexity index is 760. The van der Waals surface area contributed by atoms with Crippen molar-refractivity contribution >= 4 is 17.5 Å². The first-order valence-corrected chi connectivity index (χ1v) is 8.62. The van der Waals surface area contributed by atoms with Crippen molar-refractivity contribution in [2.75, 3.05) is 44.8 Å². The van der Waals surface area contributed by atoms with Crippen molar-refractivity contribution in [2.45, 2.75) is 6.92 Å². The molecular formula is C19H23N3O4. The van der Waals surface area contributed by atoms with Crippen LogP contribution in [0.15, 0.2) is 36.5 Å². The number of aromatic carboxylic acids is 1. The van der Waals surface area contributed by atoms with Gasteiger partial charge in [-0.3, -0.25) is 4.90 Å². The first kappa shape index (κ1) is 18.2. The second-order valence-electron chi connectivity index (χ2n) is 6.17. The zero-order chi connectivity index (χ0) is 18.4. The number of aryl methyl sites for hydroxylation is 1. The highest BCUT2D eigenvalue weighted by molar-refractivity contribution is 5.94. The molecule has 0 atom stereocenters. The van der Waals surface area contributed by atoms with Gasteiger partial charge in [-0.25, -0.2) is 9.78 Å². The standard InChI is InChI=1S/C19H23N3O4/c1-14-11-17(19(23)24)18(20-13-14)21-15-3-2-4-16(12-15)26-10-7-22-5-8-25-9-6-22/h2-4,11-13H,5-10H2,1H3,(H,20,21)(H,23,24). The van der Waals surface area contributed by atoms with E-state index in [2.05, 4.69) is 15.2 Å². The van der Waals surface area contributed by atoms with Crippen molar-refractivity contribution < 1.29 is 19.4 Å². The van der Waals surface area contributed by atoms with E-state index in [1.807, 2.05) is 31.2 Å². The number of aromatic nitrogens is 1. The van der Waals surface area contributed by atoms with Crippen LogP contribution >= 0.6 is 0 Å². The third kappa shape index (κ3) is 4.93. The number of hydrogen-bond acceptors (Lipinski definition) is 6. The summed E-state index contributed by atoms with van der Waals surface area (Å²) in [4.78, 5) is 17.9. The molecule has 1 aliphatic rings. The number of ether oxygens (including phenoxy) is 2. The van der Waals surface area contributed by atoms with E-state index in [9.17, 15) is 9.90 Å². The van der Waals surface area contributed by atoms with Gasteiger partial charge in [-0.2, -0.15) is 0 Å². The van der Waals surface area contributed by atoms with E-state index >= 15 is 0 Å². The Kier molecular flexibility index (Phi) is 6.04. The minimum atomic E-state index is -1.01. The lowest BCUT2D eigenvalue weighted by molar-refractivity contribution is 0.0322. The van der Waals surface area contributed by atoms with Gasteiger partial charge in [0.15, 0.2) is 0 Å². The van der Waals surface area contributed by atoms with E-state index in [1.54, 1.807) is 12.3 Å². The van der Waals surface area contributed by atoms with Crippen LogP contribution in [0.25, 0.3) is 0 Å². The second kappa shape index (κ2) is 8.64. The van der Waals surface area contributed by atoms with Gasteiger partial charge in [0.1, 0.15) is 23.7 Å². The summed E-state index contributed by atoms with van der Waals surface area (Å²) in [5.74, 6) is 0.0300. The monoisotopic (exact) mass is 357 g/mol. The fraction of sp³-hybridized carbons (Fsp3) is 0.368. The molecule has 0 unspecified atom stereocenters. The van der Waals surface area contributed by atoms with Gasteiger partial charge in [0.2, 0.25) is 0 Å². The molecule has 1 aromatic carbocycles. The predicted octanol–water partition coefficient (Wildman–Crippen LogP) is 2.54. The predicted molar refractivity (Wildman–Crippen MR) is 98.4 cm³/mol. The van der Waals surface area contributed by atoms with Crippen molar-refractivity contribution in [1.82, 2.24) is 9.88 Å². The average molecular weight is 357 g/mol. The van der Waals surface area contributed by atoms with E-state index in [0.29, 0.717) is 12.4 Å². The number of hydrogen-bond donors (Lipinski definition) is 2. The van der Waals surface area contributed by atoms with Crippen molar-refractivity contribution in [3.05, 3.63) is 47.7 Å². The summed E-state index contributed by atoms with van der Waals surface area (Å²) in [6, 6.07) is 9.03.